The molecule has 0 saturated carbocycles. The van der Waals surface area contributed by atoms with Crippen molar-refractivity contribution in [2.75, 3.05) is 39.6 Å². The predicted molar refractivity (Wildman–Crippen MR) is 242 cm³/mol. The Morgan fingerprint density at radius 3 is 1.33 bits per heavy atom. The first-order valence-electron chi connectivity index (χ1n) is 16.6. The maximum atomic E-state index is 9.00. The summed E-state index contributed by atoms with van der Waals surface area (Å²) in [5, 5.41) is 33.6. The molecular weight excluding hydrogens is 1110 g/mol. The Hall–Kier alpha value is -0.620. The SMILES string of the molecule is BrCc1ccccc1Br.Cc1ccc(O)c(Br)c1.Cc1ccc(OCCOCc2ccccc2Br)c(Br)c1.OCCO.OCCOCc1ccccc1Br.[H-].[Na+]. The third-order valence-corrected chi connectivity index (χ3v) is 10.7. The summed E-state index contributed by atoms with van der Waals surface area (Å²) in [6.07, 6.45) is 0. The number of alkyl halides is 1. The molecule has 0 fully saturated rings. The first-order valence-corrected chi connectivity index (χ1v) is 21.6. The number of benzene rings is 5. The molecule has 0 aliphatic rings. The van der Waals surface area contributed by atoms with Crippen LogP contribution < -0.4 is 34.3 Å². The topological polar surface area (TPSA) is 109 Å². The number of hydrogen-bond donors (Lipinski definition) is 4. The molecule has 5 aromatic carbocycles. The second kappa shape index (κ2) is 34.3. The number of aromatic hydroxyl groups is 1. The van der Waals surface area contributed by atoms with Crippen LogP contribution in [0.25, 0.3) is 0 Å². The van der Waals surface area contributed by atoms with E-state index in [-0.39, 0.29) is 50.8 Å². The van der Waals surface area contributed by atoms with Gasteiger partial charge in [0.15, 0.2) is 0 Å². The third kappa shape index (κ3) is 25.5. The van der Waals surface area contributed by atoms with Gasteiger partial charge >= 0.3 is 29.6 Å². The molecule has 0 spiro atoms. The number of ether oxygens (including phenoxy) is 3. The summed E-state index contributed by atoms with van der Waals surface area (Å²) < 4.78 is 21.5. The fourth-order valence-corrected chi connectivity index (χ4v) is 7.00. The largest absolute Gasteiger partial charge is 1.00 e. The summed E-state index contributed by atoms with van der Waals surface area (Å²) in [5.41, 5.74) is 5.88. The van der Waals surface area contributed by atoms with E-state index in [1.54, 1.807) is 6.07 Å². The van der Waals surface area contributed by atoms with Crippen molar-refractivity contribution in [2.24, 2.45) is 0 Å². The Bertz CT molecular complexity index is 1760. The first kappa shape index (κ1) is 54.4. The van der Waals surface area contributed by atoms with Gasteiger partial charge in [-0.3, -0.25) is 0 Å². The summed E-state index contributed by atoms with van der Waals surface area (Å²) >= 11 is 20.4. The predicted octanol–water partition coefficient (Wildman–Crippen LogP) is 8.97. The standard InChI is InChI=1S/C16H16Br2O2.C9H11BrO2.C7H6Br2.C7H7BrO.C2H6O2.Na.H/c1-12-6-7-16(15(18)10-12)20-9-8-19-11-13-4-2-3-5-14(13)17;10-9-4-2-1-3-8(9)7-12-6-5-11;8-5-6-3-1-2-4-7(6)9;1-5-2-3-7(9)6(8)4-5;3-1-2-4;;/h2-7,10H,8-9,11H2,1H3;1-4,11H,5-7H2;1-4H,5H2;2-4,9H,1H3;3-4H,1-2H2;;/q;;;;;+1;-1. The van der Waals surface area contributed by atoms with Gasteiger partial charge in [0.05, 0.1) is 55.2 Å². The Morgan fingerprint density at radius 2 is 0.945 bits per heavy atom. The van der Waals surface area contributed by atoms with E-state index in [4.69, 9.17) is 34.6 Å². The van der Waals surface area contributed by atoms with Crippen LogP contribution >= 0.6 is 95.6 Å². The van der Waals surface area contributed by atoms with Gasteiger partial charge in [-0.2, -0.15) is 0 Å². The van der Waals surface area contributed by atoms with Crippen molar-refractivity contribution >= 4 is 95.6 Å². The van der Waals surface area contributed by atoms with Gasteiger partial charge < -0.3 is 36.1 Å². The van der Waals surface area contributed by atoms with Crippen molar-refractivity contribution < 1.29 is 65.6 Å². The average Bonchev–Trinajstić information content (AvgIpc) is 3.16. The van der Waals surface area contributed by atoms with Crippen molar-refractivity contribution in [3.63, 3.8) is 0 Å². The molecule has 0 amide bonds. The van der Waals surface area contributed by atoms with Crippen molar-refractivity contribution in [2.45, 2.75) is 32.4 Å². The number of phenolic OH excluding ortho intramolecular Hbond substituents is 1. The number of rotatable bonds is 12. The minimum atomic E-state index is -0.125. The van der Waals surface area contributed by atoms with Crippen LogP contribution in [0.3, 0.4) is 0 Å². The van der Waals surface area contributed by atoms with E-state index < -0.39 is 0 Å². The van der Waals surface area contributed by atoms with Crippen LogP contribution in [0, 0.1) is 13.8 Å². The summed E-state index contributed by atoms with van der Waals surface area (Å²) in [5.74, 6) is 1.14. The van der Waals surface area contributed by atoms with Crippen LogP contribution in [0.15, 0.2) is 132 Å². The first-order chi connectivity index (χ1) is 26.0. The molecule has 0 bridgehead atoms. The van der Waals surface area contributed by atoms with Crippen LogP contribution in [-0.4, -0.2) is 60.1 Å². The number of aliphatic hydroxyl groups is 3. The Labute approximate surface area is 399 Å². The van der Waals surface area contributed by atoms with Crippen molar-refractivity contribution in [3.05, 3.63) is 159 Å². The summed E-state index contributed by atoms with van der Waals surface area (Å²) in [6, 6.07) is 35.5. The van der Waals surface area contributed by atoms with E-state index in [1.165, 1.54) is 15.6 Å². The number of halogens is 6. The van der Waals surface area contributed by atoms with Gasteiger partial charge in [0, 0.05) is 18.7 Å². The van der Waals surface area contributed by atoms with Gasteiger partial charge in [-0.25, -0.2) is 0 Å². The normalized spacial score (nSPS) is 9.73. The van der Waals surface area contributed by atoms with Gasteiger partial charge in [-0.05, 0) is 116 Å². The van der Waals surface area contributed by atoms with Crippen molar-refractivity contribution in [1.82, 2.24) is 0 Å². The fourth-order valence-electron chi connectivity index (χ4n) is 3.81. The second-order valence-corrected chi connectivity index (χ2v) is 15.8. The minimum Gasteiger partial charge on any atom is -1.00 e. The molecule has 5 rings (SSSR count). The van der Waals surface area contributed by atoms with E-state index in [0.29, 0.717) is 38.8 Å². The maximum Gasteiger partial charge on any atom is 1.00 e. The van der Waals surface area contributed by atoms with Gasteiger partial charge in [0.25, 0.3) is 0 Å². The molecule has 0 saturated heterocycles. The molecule has 14 heteroatoms. The molecule has 0 heterocycles. The van der Waals surface area contributed by atoms with E-state index >= 15 is 0 Å². The molecular formula is C41H47Br6NaO7. The van der Waals surface area contributed by atoms with Crippen LogP contribution in [0.4, 0.5) is 0 Å². The molecule has 7 nitrogen and oxygen atoms in total. The van der Waals surface area contributed by atoms with Gasteiger partial charge in [-0.1, -0.05) is 130 Å². The molecule has 0 aromatic heterocycles. The fraction of sp³-hybridized carbons (Fsp3) is 0.268. The van der Waals surface area contributed by atoms with Crippen molar-refractivity contribution in [3.8, 4) is 11.5 Å². The zero-order valence-electron chi connectivity index (χ0n) is 32.0. The summed E-state index contributed by atoms with van der Waals surface area (Å²) in [6.45, 7) is 6.46. The average molecular weight is 1150 g/mol. The smallest absolute Gasteiger partial charge is 1.00 e. The number of hydrogen-bond acceptors (Lipinski definition) is 7. The Morgan fingerprint density at radius 1 is 0.509 bits per heavy atom. The van der Waals surface area contributed by atoms with Crippen LogP contribution in [0.1, 0.15) is 29.2 Å². The van der Waals surface area contributed by atoms with Crippen molar-refractivity contribution in [1.29, 1.82) is 0 Å². The maximum absolute atomic E-state index is 9.00. The molecule has 4 N–H and O–H groups in total. The van der Waals surface area contributed by atoms with Crippen LogP contribution in [-0.2, 0) is 28.0 Å². The van der Waals surface area contributed by atoms with E-state index in [0.717, 1.165) is 45.7 Å². The van der Waals surface area contributed by atoms with E-state index in [9.17, 15) is 0 Å². The molecule has 0 aliphatic carbocycles. The Kier molecular flexibility index (Phi) is 33.9. The monoisotopic (exact) mass is 1150 g/mol. The molecule has 0 aliphatic heterocycles. The summed E-state index contributed by atoms with van der Waals surface area (Å²) in [4.78, 5) is 0. The van der Waals surface area contributed by atoms with Gasteiger partial charge in [0.2, 0.25) is 0 Å². The second-order valence-electron chi connectivity index (χ2n) is 10.9. The number of aryl methyl sites for hydroxylation is 2. The van der Waals surface area contributed by atoms with Gasteiger partial charge in [0.1, 0.15) is 18.1 Å². The zero-order chi connectivity index (χ0) is 40.1. The van der Waals surface area contributed by atoms with Crippen LogP contribution in [0.5, 0.6) is 11.5 Å². The van der Waals surface area contributed by atoms with E-state index in [1.807, 2.05) is 104 Å². The van der Waals surface area contributed by atoms with Crippen LogP contribution in [0.2, 0.25) is 0 Å². The number of aliphatic hydroxyl groups excluding tert-OH is 3. The zero-order valence-corrected chi connectivity index (χ0v) is 42.6. The van der Waals surface area contributed by atoms with E-state index in [2.05, 4.69) is 109 Å². The molecule has 0 radical (unpaired) electrons. The summed E-state index contributed by atoms with van der Waals surface area (Å²) in [7, 11) is 0. The third-order valence-electron chi connectivity index (χ3n) is 6.54. The number of phenols is 1. The van der Waals surface area contributed by atoms with Gasteiger partial charge in [-0.15, -0.1) is 0 Å². The minimum absolute atomic E-state index is 0. The molecule has 55 heavy (non-hydrogen) atoms. The molecule has 0 unspecified atom stereocenters. The molecule has 0 atom stereocenters. The quantitative estimate of drug-likeness (QED) is 0.0562. The Balaban J connectivity index is 0. The molecule has 5 aromatic rings. The molecule has 296 valence electrons.